The molecule has 0 unspecified atom stereocenters. The summed E-state index contributed by atoms with van der Waals surface area (Å²) in [7, 11) is 0. The molecule has 0 aliphatic carbocycles. The summed E-state index contributed by atoms with van der Waals surface area (Å²) in [5.74, 6) is -0.402. The van der Waals surface area contributed by atoms with Crippen LogP contribution in [0.5, 0.6) is 0 Å². The average molecular weight is 272 g/mol. The van der Waals surface area contributed by atoms with Gasteiger partial charge in [0.1, 0.15) is 5.82 Å². The molecule has 0 saturated heterocycles. The highest BCUT2D eigenvalue weighted by atomic mass is 19.1. The number of amides is 1. The van der Waals surface area contributed by atoms with Crippen molar-refractivity contribution in [2.45, 2.75) is 19.5 Å². The lowest BCUT2D eigenvalue weighted by Crippen LogP contribution is -2.25. The number of carbonyl (C=O) groups excluding carboxylic acids is 1. The third-order valence-corrected chi connectivity index (χ3v) is 3.07. The molecule has 0 aliphatic rings. The average Bonchev–Trinajstić information content (AvgIpc) is 2.46. The summed E-state index contributed by atoms with van der Waals surface area (Å²) < 4.78 is 13.0. The maximum Gasteiger partial charge on any atom is 0.224 e. The second-order valence-corrected chi connectivity index (χ2v) is 4.56. The molecule has 0 heterocycles. The summed E-state index contributed by atoms with van der Waals surface area (Å²) in [5.41, 5.74) is 8.26. The Kier molecular flexibility index (Phi) is 4.85. The molecule has 2 rings (SSSR count). The molecule has 0 atom stereocenters. The van der Waals surface area contributed by atoms with Crippen molar-refractivity contribution >= 4 is 5.91 Å². The Bertz CT molecular complexity index is 599. The van der Waals surface area contributed by atoms with Gasteiger partial charge in [0, 0.05) is 13.1 Å². The third-order valence-electron chi connectivity index (χ3n) is 3.07. The maximum absolute atomic E-state index is 13.0. The monoisotopic (exact) mass is 272 g/mol. The Labute approximate surface area is 117 Å². The molecule has 0 bridgehead atoms. The van der Waals surface area contributed by atoms with Gasteiger partial charge in [0.15, 0.2) is 0 Å². The topological polar surface area (TPSA) is 55.1 Å². The lowest BCUT2D eigenvalue weighted by Gasteiger charge is -2.08. The summed E-state index contributed by atoms with van der Waals surface area (Å²) in [6.45, 7) is 0.731. The van der Waals surface area contributed by atoms with Crippen LogP contribution in [0.15, 0.2) is 48.5 Å². The van der Waals surface area contributed by atoms with Crippen LogP contribution in [0.3, 0.4) is 0 Å². The third kappa shape index (κ3) is 3.90. The molecule has 0 aliphatic heterocycles. The van der Waals surface area contributed by atoms with E-state index in [4.69, 9.17) is 5.73 Å². The molecule has 3 nitrogen and oxygen atoms in total. The van der Waals surface area contributed by atoms with Gasteiger partial charge in [0.25, 0.3) is 0 Å². The van der Waals surface area contributed by atoms with Crippen LogP contribution >= 0.6 is 0 Å². The first-order chi connectivity index (χ1) is 9.69. The van der Waals surface area contributed by atoms with Crippen molar-refractivity contribution in [3.05, 3.63) is 71.0 Å². The van der Waals surface area contributed by atoms with Crippen molar-refractivity contribution in [3.8, 4) is 0 Å². The normalized spacial score (nSPS) is 10.3. The molecule has 0 fully saturated rings. The number of carbonyl (C=O) groups is 1. The minimum absolute atomic E-state index is 0.102. The van der Waals surface area contributed by atoms with Crippen molar-refractivity contribution in [2.75, 3.05) is 0 Å². The number of benzene rings is 2. The quantitative estimate of drug-likeness (QED) is 0.876. The van der Waals surface area contributed by atoms with Gasteiger partial charge in [-0.3, -0.25) is 4.79 Å². The molecule has 0 radical (unpaired) electrons. The van der Waals surface area contributed by atoms with Crippen LogP contribution in [0.2, 0.25) is 0 Å². The van der Waals surface area contributed by atoms with E-state index in [9.17, 15) is 9.18 Å². The Hall–Kier alpha value is -2.20. The maximum atomic E-state index is 13.0. The summed E-state index contributed by atoms with van der Waals surface area (Å²) in [6, 6.07) is 13.8. The Balaban J connectivity index is 1.93. The highest BCUT2D eigenvalue weighted by Crippen LogP contribution is 2.09. The second-order valence-electron chi connectivity index (χ2n) is 4.56. The van der Waals surface area contributed by atoms with Crippen LogP contribution in [0, 0.1) is 5.82 Å². The molecule has 1 amide bonds. The van der Waals surface area contributed by atoms with Crippen LogP contribution in [0.25, 0.3) is 0 Å². The zero-order valence-corrected chi connectivity index (χ0v) is 11.1. The van der Waals surface area contributed by atoms with E-state index in [1.807, 2.05) is 24.3 Å². The fourth-order valence-corrected chi connectivity index (χ4v) is 2.01. The lowest BCUT2D eigenvalue weighted by molar-refractivity contribution is -0.120. The van der Waals surface area contributed by atoms with Gasteiger partial charge in [0.2, 0.25) is 5.91 Å². The largest absolute Gasteiger partial charge is 0.352 e. The molecule has 0 aromatic heterocycles. The van der Waals surface area contributed by atoms with Gasteiger partial charge in [-0.2, -0.15) is 0 Å². The number of nitrogens with one attached hydrogen (secondary N) is 1. The molecule has 2 aromatic carbocycles. The summed E-state index contributed by atoms with van der Waals surface area (Å²) in [6.07, 6.45) is 0.280. The molecular formula is C16H17FN2O. The van der Waals surface area contributed by atoms with Gasteiger partial charge in [0.05, 0.1) is 6.42 Å². The van der Waals surface area contributed by atoms with Crippen LogP contribution in [-0.4, -0.2) is 5.91 Å². The number of nitrogens with two attached hydrogens (primary N) is 1. The van der Waals surface area contributed by atoms with E-state index in [0.717, 1.165) is 16.7 Å². The fraction of sp³-hybridized carbons (Fsp3) is 0.188. The first-order valence-corrected chi connectivity index (χ1v) is 6.47. The summed E-state index contributed by atoms with van der Waals surface area (Å²) >= 11 is 0. The predicted molar refractivity (Wildman–Crippen MR) is 76.3 cm³/mol. The smallest absolute Gasteiger partial charge is 0.224 e. The number of rotatable bonds is 5. The van der Waals surface area contributed by atoms with E-state index < -0.39 is 0 Å². The Morgan fingerprint density at radius 3 is 2.55 bits per heavy atom. The zero-order valence-electron chi connectivity index (χ0n) is 11.1. The fourth-order valence-electron chi connectivity index (χ4n) is 2.01. The molecule has 0 spiro atoms. The first-order valence-electron chi connectivity index (χ1n) is 6.47. The molecule has 3 N–H and O–H groups in total. The van der Waals surface area contributed by atoms with Crippen molar-refractivity contribution < 1.29 is 9.18 Å². The van der Waals surface area contributed by atoms with Crippen molar-refractivity contribution in [2.24, 2.45) is 5.73 Å². The van der Waals surface area contributed by atoms with Crippen LogP contribution in [-0.2, 0) is 24.3 Å². The Morgan fingerprint density at radius 2 is 1.85 bits per heavy atom. The highest BCUT2D eigenvalue weighted by Gasteiger charge is 2.06. The number of halogens is 1. The number of hydrogen-bond donors (Lipinski definition) is 2. The van der Waals surface area contributed by atoms with Crippen LogP contribution < -0.4 is 11.1 Å². The van der Waals surface area contributed by atoms with Gasteiger partial charge >= 0.3 is 0 Å². The minimum Gasteiger partial charge on any atom is -0.352 e. The van der Waals surface area contributed by atoms with Crippen molar-refractivity contribution in [1.82, 2.24) is 5.32 Å². The zero-order chi connectivity index (χ0) is 14.4. The van der Waals surface area contributed by atoms with E-state index >= 15 is 0 Å². The summed E-state index contributed by atoms with van der Waals surface area (Å²) in [5, 5.41) is 2.78. The van der Waals surface area contributed by atoms with Crippen molar-refractivity contribution in [1.29, 1.82) is 0 Å². The molecule has 0 saturated carbocycles. The van der Waals surface area contributed by atoms with Gasteiger partial charge < -0.3 is 11.1 Å². The van der Waals surface area contributed by atoms with E-state index in [1.165, 1.54) is 12.1 Å². The standard InChI is InChI=1S/C16H17FN2O/c17-15-7-3-4-12(8-15)11-19-16(20)9-13-5-1-2-6-14(13)10-18/h1-8H,9-11,18H2,(H,19,20). The van der Waals surface area contributed by atoms with Gasteiger partial charge in [-0.05, 0) is 28.8 Å². The minimum atomic E-state index is -0.301. The molecule has 2 aromatic rings. The molecule has 4 heteroatoms. The van der Waals surface area contributed by atoms with Gasteiger partial charge in [-0.1, -0.05) is 36.4 Å². The van der Waals surface area contributed by atoms with Crippen LogP contribution in [0.1, 0.15) is 16.7 Å². The molecule has 104 valence electrons. The van der Waals surface area contributed by atoms with Crippen molar-refractivity contribution in [3.63, 3.8) is 0 Å². The first kappa shape index (κ1) is 14.2. The lowest BCUT2D eigenvalue weighted by atomic mass is 10.0. The molecular weight excluding hydrogens is 255 g/mol. The van der Waals surface area contributed by atoms with E-state index in [2.05, 4.69) is 5.32 Å². The second kappa shape index (κ2) is 6.82. The highest BCUT2D eigenvalue weighted by molar-refractivity contribution is 5.78. The van der Waals surface area contributed by atoms with Crippen LogP contribution in [0.4, 0.5) is 4.39 Å². The number of hydrogen-bond acceptors (Lipinski definition) is 2. The van der Waals surface area contributed by atoms with Gasteiger partial charge in [-0.15, -0.1) is 0 Å². The summed E-state index contributed by atoms with van der Waals surface area (Å²) in [4.78, 5) is 11.9. The van der Waals surface area contributed by atoms with Gasteiger partial charge in [-0.25, -0.2) is 4.39 Å². The van der Waals surface area contributed by atoms with E-state index in [-0.39, 0.29) is 18.1 Å². The molecule has 20 heavy (non-hydrogen) atoms. The predicted octanol–water partition coefficient (Wildman–Crippen LogP) is 2.14. The van der Waals surface area contributed by atoms with E-state index in [0.29, 0.717) is 13.1 Å². The SMILES string of the molecule is NCc1ccccc1CC(=O)NCc1cccc(F)c1. The Morgan fingerprint density at radius 1 is 1.10 bits per heavy atom. The van der Waals surface area contributed by atoms with E-state index in [1.54, 1.807) is 12.1 Å².